The van der Waals surface area contributed by atoms with Gasteiger partial charge in [-0.3, -0.25) is 0 Å². The third kappa shape index (κ3) is 5.44. The van der Waals surface area contributed by atoms with Crippen LogP contribution in [0.4, 0.5) is 5.69 Å². The Morgan fingerprint density at radius 2 is 1.68 bits per heavy atom. The maximum Gasteiger partial charge on any atom is 0.203 e. The Kier molecular flexibility index (Phi) is 7.31. The zero-order chi connectivity index (χ0) is 22.2. The molecule has 0 bridgehead atoms. The van der Waals surface area contributed by atoms with Gasteiger partial charge >= 0.3 is 0 Å². The highest BCUT2D eigenvalue weighted by Gasteiger charge is 2.14. The van der Waals surface area contributed by atoms with Crippen LogP contribution >= 0.6 is 0 Å². The SMILES string of the molecule is COc1cc(NC(=NCc2ccccc2)NCc2nnc(C)n2C)cc(OC)c1OC. The first-order valence-corrected chi connectivity index (χ1v) is 9.79. The molecule has 3 rings (SSSR count). The van der Waals surface area contributed by atoms with E-state index in [1.165, 1.54) is 0 Å². The van der Waals surface area contributed by atoms with Crippen LogP contribution in [0.15, 0.2) is 47.5 Å². The molecule has 1 heterocycles. The minimum Gasteiger partial charge on any atom is -0.493 e. The number of guanidine groups is 1. The number of hydrogen-bond acceptors (Lipinski definition) is 6. The molecule has 9 heteroatoms. The van der Waals surface area contributed by atoms with E-state index in [0.29, 0.717) is 36.3 Å². The van der Waals surface area contributed by atoms with Crippen molar-refractivity contribution in [3.05, 3.63) is 59.7 Å². The van der Waals surface area contributed by atoms with Gasteiger partial charge in [-0.15, -0.1) is 10.2 Å². The lowest BCUT2D eigenvalue weighted by Gasteiger charge is -2.17. The molecule has 0 aliphatic carbocycles. The van der Waals surface area contributed by atoms with E-state index in [4.69, 9.17) is 19.2 Å². The minimum atomic E-state index is 0.461. The summed E-state index contributed by atoms with van der Waals surface area (Å²) >= 11 is 0. The van der Waals surface area contributed by atoms with E-state index in [2.05, 4.69) is 20.8 Å². The zero-order valence-corrected chi connectivity index (χ0v) is 18.5. The molecule has 0 radical (unpaired) electrons. The number of methoxy groups -OCH3 is 3. The standard InChI is InChI=1S/C22H28N6O3/c1-15-26-27-20(28(15)2)14-24-22(23-13-16-9-7-6-8-10-16)25-17-11-18(29-3)21(31-5)19(12-17)30-4/h6-12H,13-14H2,1-5H3,(H2,23,24,25). The largest absolute Gasteiger partial charge is 0.493 e. The van der Waals surface area contributed by atoms with Crippen molar-refractivity contribution in [3.8, 4) is 17.2 Å². The van der Waals surface area contributed by atoms with Gasteiger partial charge in [-0.2, -0.15) is 0 Å². The van der Waals surface area contributed by atoms with Crippen molar-refractivity contribution in [1.29, 1.82) is 0 Å². The van der Waals surface area contributed by atoms with E-state index in [9.17, 15) is 0 Å². The van der Waals surface area contributed by atoms with Crippen LogP contribution in [0.2, 0.25) is 0 Å². The fraction of sp³-hybridized carbons (Fsp3) is 0.318. The minimum absolute atomic E-state index is 0.461. The molecule has 1 aromatic heterocycles. The Morgan fingerprint density at radius 1 is 1.00 bits per heavy atom. The molecule has 0 atom stereocenters. The number of aliphatic imine (C=N–C) groups is 1. The van der Waals surface area contributed by atoms with Crippen molar-refractivity contribution in [2.75, 3.05) is 26.6 Å². The smallest absolute Gasteiger partial charge is 0.203 e. The lowest BCUT2D eigenvalue weighted by molar-refractivity contribution is 0.324. The van der Waals surface area contributed by atoms with Gasteiger partial charge in [0.1, 0.15) is 5.82 Å². The van der Waals surface area contributed by atoms with E-state index < -0.39 is 0 Å². The first kappa shape index (κ1) is 21.9. The van der Waals surface area contributed by atoms with Crippen LogP contribution < -0.4 is 24.8 Å². The summed E-state index contributed by atoms with van der Waals surface area (Å²) in [6, 6.07) is 13.7. The first-order valence-electron chi connectivity index (χ1n) is 9.79. The number of aryl methyl sites for hydroxylation is 1. The quantitative estimate of drug-likeness (QED) is 0.424. The summed E-state index contributed by atoms with van der Waals surface area (Å²) in [5, 5.41) is 14.9. The molecule has 2 aromatic carbocycles. The third-order valence-corrected chi connectivity index (χ3v) is 4.79. The van der Waals surface area contributed by atoms with Crippen LogP contribution in [0.5, 0.6) is 17.2 Å². The molecule has 2 N–H and O–H groups in total. The van der Waals surface area contributed by atoms with Crippen LogP contribution in [-0.2, 0) is 20.1 Å². The number of ether oxygens (including phenoxy) is 3. The third-order valence-electron chi connectivity index (χ3n) is 4.79. The maximum absolute atomic E-state index is 5.45. The Balaban J connectivity index is 1.85. The molecule has 0 amide bonds. The van der Waals surface area contributed by atoms with Crippen molar-refractivity contribution in [1.82, 2.24) is 20.1 Å². The molecule has 0 saturated heterocycles. The summed E-state index contributed by atoms with van der Waals surface area (Å²) in [6.45, 7) is 2.88. The fourth-order valence-electron chi connectivity index (χ4n) is 2.95. The topological polar surface area (TPSA) is 94.8 Å². The summed E-state index contributed by atoms with van der Waals surface area (Å²) in [6.07, 6.45) is 0. The van der Waals surface area contributed by atoms with E-state index in [1.807, 2.05) is 61.0 Å². The van der Waals surface area contributed by atoms with Crippen LogP contribution in [-0.4, -0.2) is 42.1 Å². The lowest BCUT2D eigenvalue weighted by atomic mass is 10.2. The van der Waals surface area contributed by atoms with Crippen LogP contribution in [0.1, 0.15) is 17.2 Å². The van der Waals surface area contributed by atoms with E-state index in [-0.39, 0.29) is 0 Å². The number of rotatable bonds is 8. The summed E-state index contributed by atoms with van der Waals surface area (Å²) < 4.78 is 18.2. The highest BCUT2D eigenvalue weighted by molar-refractivity contribution is 5.94. The molecule has 0 fully saturated rings. The molecule has 0 spiro atoms. The van der Waals surface area contributed by atoms with Crippen molar-refractivity contribution in [2.24, 2.45) is 12.0 Å². The molecule has 164 valence electrons. The fourth-order valence-corrected chi connectivity index (χ4v) is 2.95. The highest BCUT2D eigenvalue weighted by atomic mass is 16.5. The Bertz CT molecular complexity index is 1010. The molecular formula is C22H28N6O3. The number of benzene rings is 2. The lowest BCUT2D eigenvalue weighted by Crippen LogP contribution is -2.31. The molecule has 0 aliphatic rings. The van der Waals surface area contributed by atoms with Gasteiger partial charge in [0.2, 0.25) is 5.75 Å². The summed E-state index contributed by atoms with van der Waals surface area (Å²) in [4.78, 5) is 4.72. The van der Waals surface area contributed by atoms with E-state index in [1.54, 1.807) is 21.3 Å². The normalized spacial score (nSPS) is 11.2. The number of hydrogen-bond donors (Lipinski definition) is 2. The molecule has 9 nitrogen and oxygen atoms in total. The highest BCUT2D eigenvalue weighted by Crippen LogP contribution is 2.39. The van der Waals surface area contributed by atoms with Gasteiger partial charge in [0.15, 0.2) is 23.3 Å². The second-order valence-corrected chi connectivity index (χ2v) is 6.77. The van der Waals surface area contributed by atoms with Crippen molar-refractivity contribution in [2.45, 2.75) is 20.0 Å². The van der Waals surface area contributed by atoms with Gasteiger partial charge in [0, 0.05) is 24.9 Å². The van der Waals surface area contributed by atoms with Crippen LogP contribution in [0.25, 0.3) is 0 Å². The van der Waals surface area contributed by atoms with Gasteiger partial charge in [-0.25, -0.2) is 4.99 Å². The molecule has 0 unspecified atom stereocenters. The summed E-state index contributed by atoms with van der Waals surface area (Å²) in [7, 11) is 6.67. The number of nitrogens with one attached hydrogen (secondary N) is 2. The van der Waals surface area contributed by atoms with E-state index in [0.717, 1.165) is 22.9 Å². The molecule has 0 aliphatic heterocycles. The maximum atomic E-state index is 5.45. The van der Waals surface area contributed by atoms with Crippen molar-refractivity contribution in [3.63, 3.8) is 0 Å². The second-order valence-electron chi connectivity index (χ2n) is 6.77. The van der Waals surface area contributed by atoms with Gasteiger partial charge in [0.05, 0.1) is 34.4 Å². The Morgan fingerprint density at radius 3 is 2.23 bits per heavy atom. The predicted octanol–water partition coefficient (Wildman–Crippen LogP) is 2.91. The van der Waals surface area contributed by atoms with Gasteiger partial charge in [0.25, 0.3) is 0 Å². The summed E-state index contributed by atoms with van der Waals surface area (Å²) in [5.74, 6) is 3.86. The molecule has 31 heavy (non-hydrogen) atoms. The average molecular weight is 425 g/mol. The monoisotopic (exact) mass is 424 g/mol. The van der Waals surface area contributed by atoms with Crippen LogP contribution in [0.3, 0.4) is 0 Å². The van der Waals surface area contributed by atoms with Crippen LogP contribution in [0, 0.1) is 6.92 Å². The molecular weight excluding hydrogens is 396 g/mol. The predicted molar refractivity (Wildman–Crippen MR) is 120 cm³/mol. The first-order chi connectivity index (χ1) is 15.0. The molecule has 0 saturated carbocycles. The van der Waals surface area contributed by atoms with Gasteiger partial charge in [-0.1, -0.05) is 30.3 Å². The van der Waals surface area contributed by atoms with Crippen molar-refractivity contribution >= 4 is 11.6 Å². The van der Waals surface area contributed by atoms with E-state index >= 15 is 0 Å². The van der Waals surface area contributed by atoms with Gasteiger partial charge in [-0.05, 0) is 12.5 Å². The summed E-state index contributed by atoms with van der Waals surface area (Å²) in [5.41, 5.74) is 1.84. The average Bonchev–Trinajstić information content (AvgIpc) is 3.12. The number of anilines is 1. The Labute approximate surface area is 182 Å². The van der Waals surface area contributed by atoms with Crippen molar-refractivity contribution < 1.29 is 14.2 Å². The molecule has 3 aromatic rings. The number of nitrogens with zero attached hydrogens (tertiary/aromatic N) is 4. The second kappa shape index (κ2) is 10.3. The number of aromatic nitrogens is 3. The van der Waals surface area contributed by atoms with Gasteiger partial charge < -0.3 is 29.4 Å². The zero-order valence-electron chi connectivity index (χ0n) is 18.5. The Hall–Kier alpha value is -3.75.